The first-order chi connectivity index (χ1) is 17.5. The van der Waals surface area contributed by atoms with Gasteiger partial charge in [0.1, 0.15) is 12.3 Å². The van der Waals surface area contributed by atoms with Gasteiger partial charge in [0.25, 0.3) is 5.91 Å². The molecule has 184 valence electrons. The maximum atomic E-state index is 13.2. The van der Waals surface area contributed by atoms with Gasteiger partial charge < -0.3 is 9.64 Å². The quantitative estimate of drug-likeness (QED) is 0.345. The molecule has 0 aliphatic carbocycles. The van der Waals surface area contributed by atoms with Crippen molar-refractivity contribution in [3.63, 3.8) is 0 Å². The standard InChI is InChI=1S/C29H30N4O3/c1-4-36-25-17-11-16-24(18-25)33-19-26(22-12-7-5-8-13-22)30-29(33)31-27(34)20-32(21(2)3)28(35)23-14-9-6-10-15-23/h5-19,21H,4,20H2,1-3H3,(H,30,31,34). The van der Waals surface area contributed by atoms with Gasteiger partial charge in [0.2, 0.25) is 11.9 Å². The number of amides is 2. The highest BCUT2D eigenvalue weighted by Crippen LogP contribution is 2.26. The molecule has 4 rings (SSSR count). The normalized spacial score (nSPS) is 10.8. The number of carbonyl (C=O) groups excluding carboxylic acids is 2. The van der Waals surface area contributed by atoms with Gasteiger partial charge in [-0.3, -0.25) is 19.5 Å². The lowest BCUT2D eigenvalue weighted by molar-refractivity contribution is -0.117. The van der Waals surface area contributed by atoms with E-state index in [1.165, 1.54) is 0 Å². The van der Waals surface area contributed by atoms with Crippen LogP contribution in [-0.4, -0.2) is 45.5 Å². The molecular formula is C29H30N4O3. The predicted octanol–water partition coefficient (Wildman–Crippen LogP) is 5.43. The van der Waals surface area contributed by atoms with Crippen molar-refractivity contribution in [2.45, 2.75) is 26.8 Å². The Morgan fingerprint density at radius 1 is 0.972 bits per heavy atom. The van der Waals surface area contributed by atoms with E-state index in [2.05, 4.69) is 5.32 Å². The molecule has 0 atom stereocenters. The summed E-state index contributed by atoms with van der Waals surface area (Å²) >= 11 is 0. The number of carbonyl (C=O) groups is 2. The molecule has 0 saturated carbocycles. The van der Waals surface area contributed by atoms with Crippen LogP contribution in [0, 0.1) is 0 Å². The first-order valence-corrected chi connectivity index (χ1v) is 12.0. The number of nitrogens with one attached hydrogen (secondary N) is 1. The topological polar surface area (TPSA) is 76.5 Å². The molecule has 7 nitrogen and oxygen atoms in total. The monoisotopic (exact) mass is 482 g/mol. The molecule has 0 spiro atoms. The lowest BCUT2D eigenvalue weighted by Gasteiger charge is -2.26. The number of benzene rings is 3. The van der Waals surface area contributed by atoms with E-state index in [9.17, 15) is 9.59 Å². The second kappa shape index (κ2) is 11.4. The van der Waals surface area contributed by atoms with E-state index in [0.717, 1.165) is 17.0 Å². The summed E-state index contributed by atoms with van der Waals surface area (Å²) in [6.07, 6.45) is 1.88. The first kappa shape index (κ1) is 24.7. The number of rotatable bonds is 9. The third-order valence-corrected chi connectivity index (χ3v) is 5.65. The van der Waals surface area contributed by atoms with Crippen molar-refractivity contribution in [2.24, 2.45) is 0 Å². The van der Waals surface area contributed by atoms with Gasteiger partial charge >= 0.3 is 0 Å². The second-order valence-corrected chi connectivity index (χ2v) is 8.56. The van der Waals surface area contributed by atoms with Gasteiger partial charge in [-0.05, 0) is 45.0 Å². The summed E-state index contributed by atoms with van der Waals surface area (Å²) in [6.45, 7) is 6.16. The largest absolute Gasteiger partial charge is 0.494 e. The van der Waals surface area contributed by atoms with E-state index >= 15 is 0 Å². The van der Waals surface area contributed by atoms with Crippen LogP contribution in [0.2, 0.25) is 0 Å². The number of hydrogen-bond acceptors (Lipinski definition) is 4. The molecule has 36 heavy (non-hydrogen) atoms. The first-order valence-electron chi connectivity index (χ1n) is 12.0. The Morgan fingerprint density at radius 3 is 2.33 bits per heavy atom. The highest BCUT2D eigenvalue weighted by molar-refractivity contribution is 5.99. The summed E-state index contributed by atoms with van der Waals surface area (Å²) in [5, 5.41) is 2.92. The van der Waals surface area contributed by atoms with E-state index in [0.29, 0.717) is 23.8 Å². The van der Waals surface area contributed by atoms with Crippen LogP contribution in [-0.2, 0) is 4.79 Å². The van der Waals surface area contributed by atoms with Crippen LogP contribution < -0.4 is 10.1 Å². The van der Waals surface area contributed by atoms with Crippen LogP contribution in [0.4, 0.5) is 5.95 Å². The lowest BCUT2D eigenvalue weighted by Crippen LogP contribution is -2.42. The molecule has 7 heteroatoms. The Bertz CT molecular complexity index is 1320. The van der Waals surface area contributed by atoms with Gasteiger partial charge in [0, 0.05) is 29.4 Å². The number of hydrogen-bond donors (Lipinski definition) is 1. The van der Waals surface area contributed by atoms with Gasteiger partial charge in [-0.25, -0.2) is 4.98 Å². The van der Waals surface area contributed by atoms with E-state index < -0.39 is 0 Å². The fourth-order valence-electron chi connectivity index (χ4n) is 3.86. The van der Waals surface area contributed by atoms with Crippen molar-refractivity contribution in [3.05, 3.63) is 96.7 Å². The Kier molecular flexibility index (Phi) is 7.80. The van der Waals surface area contributed by atoms with Crippen LogP contribution in [0.15, 0.2) is 91.1 Å². The van der Waals surface area contributed by atoms with Crippen LogP contribution in [0.25, 0.3) is 16.9 Å². The average Bonchev–Trinajstić information content (AvgIpc) is 3.32. The molecule has 2 amide bonds. The molecule has 1 aromatic heterocycles. The van der Waals surface area contributed by atoms with E-state index in [1.54, 1.807) is 17.0 Å². The van der Waals surface area contributed by atoms with Gasteiger partial charge in [-0.15, -0.1) is 0 Å². The van der Waals surface area contributed by atoms with Crippen LogP contribution in [0.3, 0.4) is 0 Å². The molecule has 0 fully saturated rings. The fourth-order valence-corrected chi connectivity index (χ4v) is 3.86. The van der Waals surface area contributed by atoms with E-state index in [4.69, 9.17) is 9.72 Å². The molecule has 1 heterocycles. The summed E-state index contributed by atoms with van der Waals surface area (Å²) in [5.41, 5.74) is 2.98. The number of ether oxygens (including phenoxy) is 1. The molecule has 0 radical (unpaired) electrons. The Morgan fingerprint density at radius 2 is 1.67 bits per heavy atom. The molecular weight excluding hydrogens is 452 g/mol. The van der Waals surface area contributed by atoms with Gasteiger partial charge in [-0.1, -0.05) is 54.6 Å². The second-order valence-electron chi connectivity index (χ2n) is 8.56. The average molecular weight is 483 g/mol. The summed E-state index contributed by atoms with van der Waals surface area (Å²) in [6, 6.07) is 26.2. The molecule has 0 bridgehead atoms. The van der Waals surface area contributed by atoms with Gasteiger partial charge in [0.15, 0.2) is 0 Å². The van der Waals surface area contributed by atoms with Crippen molar-refractivity contribution in [2.75, 3.05) is 18.5 Å². The zero-order chi connectivity index (χ0) is 25.5. The van der Waals surface area contributed by atoms with Gasteiger partial charge in [-0.2, -0.15) is 0 Å². The smallest absolute Gasteiger partial charge is 0.254 e. The van der Waals surface area contributed by atoms with Crippen LogP contribution >= 0.6 is 0 Å². The minimum atomic E-state index is -0.333. The summed E-state index contributed by atoms with van der Waals surface area (Å²) in [7, 11) is 0. The number of imidazole rings is 1. The number of nitrogens with zero attached hydrogens (tertiary/aromatic N) is 3. The maximum absolute atomic E-state index is 13.2. The van der Waals surface area contributed by atoms with Crippen molar-refractivity contribution < 1.29 is 14.3 Å². The minimum Gasteiger partial charge on any atom is -0.494 e. The lowest BCUT2D eigenvalue weighted by atomic mass is 10.1. The molecule has 0 unspecified atom stereocenters. The predicted molar refractivity (Wildman–Crippen MR) is 141 cm³/mol. The number of aromatic nitrogens is 2. The zero-order valence-corrected chi connectivity index (χ0v) is 20.7. The van der Waals surface area contributed by atoms with Crippen LogP contribution in [0.5, 0.6) is 5.75 Å². The Labute approximate surface area is 211 Å². The van der Waals surface area contributed by atoms with E-state index in [1.807, 2.05) is 104 Å². The van der Waals surface area contributed by atoms with Gasteiger partial charge in [0.05, 0.1) is 18.0 Å². The SMILES string of the molecule is CCOc1cccc(-n2cc(-c3ccccc3)nc2NC(=O)CN(C(=O)c2ccccc2)C(C)C)c1. The highest BCUT2D eigenvalue weighted by Gasteiger charge is 2.23. The Hall–Kier alpha value is -4.39. The van der Waals surface area contributed by atoms with E-state index in [-0.39, 0.29) is 24.4 Å². The van der Waals surface area contributed by atoms with Crippen molar-refractivity contribution in [3.8, 4) is 22.7 Å². The van der Waals surface area contributed by atoms with Crippen LogP contribution in [0.1, 0.15) is 31.1 Å². The maximum Gasteiger partial charge on any atom is 0.254 e. The molecule has 4 aromatic rings. The minimum absolute atomic E-state index is 0.0993. The Balaban J connectivity index is 1.63. The highest BCUT2D eigenvalue weighted by atomic mass is 16.5. The van der Waals surface area contributed by atoms with Crippen molar-refractivity contribution >= 4 is 17.8 Å². The summed E-state index contributed by atoms with van der Waals surface area (Å²) < 4.78 is 7.48. The summed E-state index contributed by atoms with van der Waals surface area (Å²) in [4.78, 5) is 32.5. The molecule has 1 N–H and O–H groups in total. The fraction of sp³-hybridized carbons (Fsp3) is 0.207. The van der Waals surface area contributed by atoms with Crippen molar-refractivity contribution in [1.82, 2.24) is 14.5 Å². The molecule has 0 saturated heterocycles. The van der Waals surface area contributed by atoms with Crippen molar-refractivity contribution in [1.29, 1.82) is 0 Å². The molecule has 0 aliphatic rings. The molecule has 3 aromatic carbocycles. The third kappa shape index (κ3) is 5.81. The third-order valence-electron chi connectivity index (χ3n) is 5.65. The summed E-state index contributed by atoms with van der Waals surface area (Å²) in [5.74, 6) is 0.559. The zero-order valence-electron chi connectivity index (χ0n) is 20.7. The number of anilines is 1. The molecule has 0 aliphatic heterocycles.